The highest BCUT2D eigenvalue weighted by Crippen LogP contribution is 2.51. The maximum absolute atomic E-state index is 13.5. The lowest BCUT2D eigenvalue weighted by Gasteiger charge is -2.47. The Morgan fingerprint density at radius 3 is 2.47 bits per heavy atom. The second-order valence-electron chi connectivity index (χ2n) is 9.19. The molecule has 1 aromatic heterocycles. The van der Waals surface area contributed by atoms with E-state index >= 15 is 0 Å². The van der Waals surface area contributed by atoms with E-state index in [4.69, 9.17) is 9.72 Å². The molecule has 1 aliphatic carbocycles. The molecule has 0 amide bonds. The number of hydrogen-bond donors (Lipinski definition) is 0. The van der Waals surface area contributed by atoms with Crippen molar-refractivity contribution in [2.75, 3.05) is 6.61 Å². The quantitative estimate of drug-likeness (QED) is 0.520. The fourth-order valence-corrected chi connectivity index (χ4v) is 5.63. The molecular weight excluding hydrogens is 387 g/mol. The van der Waals surface area contributed by atoms with Crippen LogP contribution in [0.4, 0.5) is 13.2 Å². The Kier molecular flexibility index (Phi) is 5.93. The first kappa shape index (κ1) is 21.4. The van der Waals surface area contributed by atoms with Gasteiger partial charge in [-0.2, -0.15) is 13.2 Å². The van der Waals surface area contributed by atoms with Gasteiger partial charge in [0.25, 0.3) is 0 Å². The first-order valence-corrected chi connectivity index (χ1v) is 11.1. The number of rotatable bonds is 5. The van der Waals surface area contributed by atoms with E-state index < -0.39 is 11.7 Å². The van der Waals surface area contributed by atoms with E-state index in [1.807, 2.05) is 25.3 Å². The van der Waals surface area contributed by atoms with Crippen LogP contribution in [0.5, 0.6) is 0 Å². The van der Waals surface area contributed by atoms with Gasteiger partial charge in [0.1, 0.15) is 0 Å². The number of hydrogen-bond acceptors (Lipinski definition) is 2. The van der Waals surface area contributed by atoms with Crippen LogP contribution >= 0.6 is 0 Å². The second-order valence-corrected chi connectivity index (χ2v) is 9.19. The molecule has 1 saturated carbocycles. The third-order valence-corrected chi connectivity index (χ3v) is 7.23. The molecule has 2 aromatic rings. The van der Waals surface area contributed by atoms with E-state index in [1.165, 1.54) is 25.0 Å². The minimum absolute atomic E-state index is 0.0805. The van der Waals surface area contributed by atoms with Gasteiger partial charge in [-0.3, -0.25) is 4.98 Å². The van der Waals surface area contributed by atoms with Crippen molar-refractivity contribution in [3.05, 3.63) is 65.5 Å². The zero-order chi connectivity index (χ0) is 21.2. The summed E-state index contributed by atoms with van der Waals surface area (Å²) < 4.78 is 46.8. The van der Waals surface area contributed by atoms with Gasteiger partial charge < -0.3 is 4.74 Å². The highest BCUT2D eigenvalue weighted by atomic mass is 19.4. The van der Waals surface area contributed by atoms with Crippen LogP contribution in [0.3, 0.4) is 0 Å². The highest BCUT2D eigenvalue weighted by Gasteiger charge is 2.48. The van der Waals surface area contributed by atoms with Gasteiger partial charge in [-0.05, 0) is 68.2 Å². The molecule has 2 heterocycles. The third kappa shape index (κ3) is 4.27. The Morgan fingerprint density at radius 1 is 1.03 bits per heavy atom. The largest absolute Gasteiger partial charge is 0.416 e. The second kappa shape index (κ2) is 8.33. The number of pyridine rings is 1. The Hall–Kier alpha value is -1.88. The average Bonchev–Trinajstić information content (AvgIpc) is 3.19. The Labute approximate surface area is 176 Å². The molecule has 30 heavy (non-hydrogen) atoms. The molecule has 1 aromatic carbocycles. The molecule has 162 valence electrons. The number of benzene rings is 1. The molecule has 1 aliphatic heterocycles. The third-order valence-electron chi connectivity index (χ3n) is 7.23. The molecule has 2 atom stereocenters. The van der Waals surface area contributed by atoms with Crippen molar-refractivity contribution in [1.82, 2.24) is 4.98 Å². The maximum atomic E-state index is 13.5. The van der Waals surface area contributed by atoms with E-state index in [0.29, 0.717) is 18.6 Å². The molecule has 0 bridgehead atoms. The summed E-state index contributed by atoms with van der Waals surface area (Å²) in [4.78, 5) is 4.70. The SMILES string of the molecule is CC(CC[C@]1(c2ccccn2)CCOC2(CCCC2)C1)c1ccccc1C(F)(F)F. The fourth-order valence-electron chi connectivity index (χ4n) is 5.63. The first-order chi connectivity index (χ1) is 14.3. The molecule has 1 spiro atoms. The molecule has 2 nitrogen and oxygen atoms in total. The Bertz CT molecular complexity index is 845. The topological polar surface area (TPSA) is 22.1 Å². The molecule has 2 aliphatic rings. The molecule has 1 saturated heterocycles. The monoisotopic (exact) mass is 417 g/mol. The van der Waals surface area contributed by atoms with Gasteiger partial charge in [0, 0.05) is 23.9 Å². The van der Waals surface area contributed by atoms with Gasteiger partial charge >= 0.3 is 6.18 Å². The standard InChI is InChI=1S/C25H30F3NO/c1-19(20-8-2-3-9-21(20)25(26,27)28)11-14-23(22-10-4-7-16-29-22)15-17-30-24(18-23)12-5-6-13-24/h2-4,7-10,16,19H,5-6,11-15,17-18H2,1H3/t19?,23-/m0/s1. The summed E-state index contributed by atoms with van der Waals surface area (Å²) in [7, 11) is 0. The lowest BCUT2D eigenvalue weighted by atomic mass is 9.66. The van der Waals surface area contributed by atoms with Crippen LogP contribution in [0.1, 0.15) is 81.0 Å². The van der Waals surface area contributed by atoms with Crippen molar-refractivity contribution < 1.29 is 17.9 Å². The van der Waals surface area contributed by atoms with E-state index in [1.54, 1.807) is 12.1 Å². The smallest absolute Gasteiger partial charge is 0.375 e. The molecular formula is C25H30F3NO. The lowest BCUT2D eigenvalue weighted by molar-refractivity contribution is -0.138. The maximum Gasteiger partial charge on any atom is 0.416 e. The van der Waals surface area contributed by atoms with Crippen molar-refractivity contribution in [3.63, 3.8) is 0 Å². The normalized spacial score (nSPS) is 24.8. The average molecular weight is 418 g/mol. The molecule has 2 fully saturated rings. The van der Waals surface area contributed by atoms with Gasteiger partial charge in [-0.1, -0.05) is 44.0 Å². The summed E-state index contributed by atoms with van der Waals surface area (Å²) >= 11 is 0. The van der Waals surface area contributed by atoms with Crippen molar-refractivity contribution in [2.45, 2.75) is 81.4 Å². The first-order valence-electron chi connectivity index (χ1n) is 11.1. The van der Waals surface area contributed by atoms with Crippen molar-refractivity contribution in [3.8, 4) is 0 Å². The Morgan fingerprint density at radius 2 is 1.77 bits per heavy atom. The van der Waals surface area contributed by atoms with E-state index in [0.717, 1.165) is 37.8 Å². The lowest BCUT2D eigenvalue weighted by Crippen LogP contribution is -2.46. The van der Waals surface area contributed by atoms with Crippen LogP contribution in [0.25, 0.3) is 0 Å². The number of ether oxygens (including phenoxy) is 1. The molecule has 0 radical (unpaired) electrons. The number of nitrogens with zero attached hydrogens (tertiary/aromatic N) is 1. The number of aromatic nitrogens is 1. The summed E-state index contributed by atoms with van der Waals surface area (Å²) in [5.41, 5.74) is 0.733. The van der Waals surface area contributed by atoms with Crippen LogP contribution in [-0.4, -0.2) is 17.2 Å². The predicted octanol–water partition coefficient (Wildman–Crippen LogP) is 7.05. The van der Waals surface area contributed by atoms with E-state index in [2.05, 4.69) is 6.07 Å². The summed E-state index contributed by atoms with van der Waals surface area (Å²) in [5.74, 6) is -0.175. The van der Waals surface area contributed by atoms with Gasteiger partial charge in [0.05, 0.1) is 11.2 Å². The van der Waals surface area contributed by atoms with Crippen LogP contribution in [0.2, 0.25) is 0 Å². The summed E-state index contributed by atoms with van der Waals surface area (Å²) in [6.45, 7) is 2.62. The van der Waals surface area contributed by atoms with Crippen molar-refractivity contribution in [2.24, 2.45) is 0 Å². The van der Waals surface area contributed by atoms with E-state index in [9.17, 15) is 13.2 Å². The van der Waals surface area contributed by atoms with Crippen molar-refractivity contribution in [1.29, 1.82) is 0 Å². The minimum Gasteiger partial charge on any atom is -0.375 e. The Balaban J connectivity index is 1.60. The zero-order valence-electron chi connectivity index (χ0n) is 17.5. The summed E-state index contributed by atoms with van der Waals surface area (Å²) in [5, 5.41) is 0. The van der Waals surface area contributed by atoms with Gasteiger partial charge in [0.2, 0.25) is 0 Å². The molecule has 5 heteroatoms. The molecule has 4 rings (SSSR count). The molecule has 1 unspecified atom stereocenters. The fraction of sp³-hybridized carbons (Fsp3) is 0.560. The summed E-state index contributed by atoms with van der Waals surface area (Å²) in [6.07, 6.45) is 5.35. The van der Waals surface area contributed by atoms with Crippen LogP contribution in [0, 0.1) is 0 Å². The predicted molar refractivity (Wildman–Crippen MR) is 111 cm³/mol. The van der Waals surface area contributed by atoms with Crippen LogP contribution in [0.15, 0.2) is 48.7 Å². The van der Waals surface area contributed by atoms with Gasteiger partial charge in [-0.15, -0.1) is 0 Å². The highest BCUT2D eigenvalue weighted by molar-refractivity contribution is 5.32. The zero-order valence-corrected chi connectivity index (χ0v) is 17.5. The molecule has 0 N–H and O–H groups in total. The van der Waals surface area contributed by atoms with Gasteiger partial charge in [-0.25, -0.2) is 0 Å². The van der Waals surface area contributed by atoms with Crippen LogP contribution in [-0.2, 0) is 16.3 Å². The summed E-state index contributed by atoms with van der Waals surface area (Å²) in [6, 6.07) is 12.0. The van der Waals surface area contributed by atoms with E-state index in [-0.39, 0.29) is 16.9 Å². The minimum atomic E-state index is -4.32. The van der Waals surface area contributed by atoms with Crippen LogP contribution < -0.4 is 0 Å². The number of alkyl halides is 3. The van der Waals surface area contributed by atoms with Gasteiger partial charge in [0.15, 0.2) is 0 Å². The van der Waals surface area contributed by atoms with Crippen molar-refractivity contribution >= 4 is 0 Å². The number of halogens is 3.